The average molecular weight is 506 g/mol. The Morgan fingerprint density at radius 3 is 2.56 bits per heavy atom. The molecule has 2 aliphatic rings. The first-order valence-corrected chi connectivity index (χ1v) is 9.62. The van der Waals surface area contributed by atoms with Gasteiger partial charge in [0.2, 0.25) is 5.91 Å². The molecule has 0 unspecified atom stereocenters. The fraction of sp³-hybridized carbons (Fsp3) is 0.579. The van der Waals surface area contributed by atoms with Crippen molar-refractivity contribution in [1.29, 1.82) is 0 Å². The number of hydrogen-bond acceptors (Lipinski definition) is 3. The van der Waals surface area contributed by atoms with Gasteiger partial charge in [-0.15, -0.1) is 24.0 Å². The zero-order valence-electron chi connectivity index (χ0n) is 16.0. The first-order chi connectivity index (χ1) is 12.5. The minimum atomic E-state index is 0. The molecule has 0 atom stereocenters. The van der Waals surface area contributed by atoms with E-state index in [-0.39, 0.29) is 36.4 Å². The van der Waals surface area contributed by atoms with E-state index < -0.39 is 0 Å². The van der Waals surface area contributed by atoms with Gasteiger partial charge >= 0.3 is 0 Å². The van der Waals surface area contributed by atoms with E-state index in [9.17, 15) is 4.79 Å². The lowest BCUT2D eigenvalue weighted by Crippen LogP contribution is -2.52. The van der Waals surface area contributed by atoms with Gasteiger partial charge in [0.15, 0.2) is 5.96 Å². The van der Waals surface area contributed by atoms with Crippen molar-refractivity contribution >= 4 is 47.4 Å². The molecule has 0 bridgehead atoms. The van der Waals surface area contributed by atoms with Gasteiger partial charge in [-0.05, 0) is 30.5 Å². The third-order valence-electron chi connectivity index (χ3n) is 4.74. The van der Waals surface area contributed by atoms with Crippen molar-refractivity contribution in [3.8, 4) is 0 Å². The Morgan fingerprint density at radius 2 is 1.96 bits per heavy atom. The molecular formula is C19H29ClIN5O. The lowest BCUT2D eigenvalue weighted by atomic mass is 10.2. The topological polar surface area (TPSA) is 51.2 Å². The summed E-state index contributed by atoms with van der Waals surface area (Å²) in [6.45, 7) is 4.88. The number of amides is 1. The molecule has 1 saturated heterocycles. The first kappa shape index (κ1) is 22.2. The molecule has 1 aliphatic carbocycles. The van der Waals surface area contributed by atoms with E-state index in [2.05, 4.69) is 26.2 Å². The Labute approximate surface area is 183 Å². The van der Waals surface area contributed by atoms with Crippen molar-refractivity contribution in [3.63, 3.8) is 0 Å². The van der Waals surface area contributed by atoms with Gasteiger partial charge in [0.1, 0.15) is 6.54 Å². The third kappa shape index (κ3) is 7.12. The van der Waals surface area contributed by atoms with Crippen molar-refractivity contribution in [2.24, 2.45) is 4.99 Å². The van der Waals surface area contributed by atoms with Crippen LogP contribution in [-0.2, 0) is 11.3 Å². The number of hydrogen-bond donors (Lipinski definition) is 1. The summed E-state index contributed by atoms with van der Waals surface area (Å²) < 4.78 is 0. The van der Waals surface area contributed by atoms with Crippen molar-refractivity contribution in [1.82, 2.24) is 20.0 Å². The van der Waals surface area contributed by atoms with Gasteiger partial charge < -0.3 is 15.1 Å². The number of halogens is 2. The van der Waals surface area contributed by atoms with Crippen molar-refractivity contribution < 1.29 is 4.79 Å². The van der Waals surface area contributed by atoms with Crippen LogP contribution in [0.3, 0.4) is 0 Å². The molecule has 1 aromatic rings. The van der Waals surface area contributed by atoms with E-state index in [0.29, 0.717) is 6.04 Å². The number of benzene rings is 1. The molecule has 1 heterocycles. The molecule has 1 aliphatic heterocycles. The normalized spacial score (nSPS) is 18.0. The van der Waals surface area contributed by atoms with Crippen molar-refractivity contribution in [3.05, 3.63) is 34.9 Å². The van der Waals surface area contributed by atoms with Crippen LogP contribution in [0.4, 0.5) is 0 Å². The fourth-order valence-electron chi connectivity index (χ4n) is 2.94. The number of guanidine groups is 1. The lowest BCUT2D eigenvalue weighted by Gasteiger charge is -2.36. The molecule has 6 nitrogen and oxygen atoms in total. The van der Waals surface area contributed by atoms with E-state index in [1.54, 1.807) is 19.0 Å². The number of carbonyl (C=O) groups is 1. The molecule has 1 amide bonds. The molecule has 150 valence electrons. The Morgan fingerprint density at radius 1 is 1.26 bits per heavy atom. The summed E-state index contributed by atoms with van der Waals surface area (Å²) in [6.07, 6.45) is 2.38. The maximum absolute atomic E-state index is 11.9. The molecule has 2 fully saturated rings. The van der Waals surface area contributed by atoms with Crippen LogP contribution in [0.5, 0.6) is 0 Å². The minimum Gasteiger partial charge on any atom is -0.353 e. The van der Waals surface area contributed by atoms with Crippen LogP contribution in [0, 0.1) is 0 Å². The van der Waals surface area contributed by atoms with Crippen molar-refractivity contribution in [2.75, 3.05) is 46.8 Å². The molecule has 8 heteroatoms. The zero-order valence-corrected chi connectivity index (χ0v) is 19.1. The van der Waals surface area contributed by atoms with E-state index in [1.807, 2.05) is 18.2 Å². The maximum Gasteiger partial charge on any atom is 0.243 e. The van der Waals surface area contributed by atoms with Gasteiger partial charge in [0, 0.05) is 57.9 Å². The molecule has 1 saturated carbocycles. The van der Waals surface area contributed by atoms with Crippen LogP contribution >= 0.6 is 35.6 Å². The van der Waals surface area contributed by atoms with Gasteiger partial charge in [-0.25, -0.2) is 4.99 Å². The molecule has 1 N–H and O–H groups in total. The second-order valence-corrected chi connectivity index (χ2v) is 7.68. The van der Waals surface area contributed by atoms with Gasteiger partial charge in [-0.3, -0.25) is 9.69 Å². The first-order valence-electron chi connectivity index (χ1n) is 9.24. The minimum absolute atomic E-state index is 0. The summed E-state index contributed by atoms with van der Waals surface area (Å²) in [5.74, 6) is 0.907. The summed E-state index contributed by atoms with van der Waals surface area (Å²) in [5, 5.41) is 4.28. The monoisotopic (exact) mass is 505 g/mol. The zero-order chi connectivity index (χ0) is 18.5. The number of likely N-dealkylation sites (N-methyl/N-ethyl adjacent to an activating group) is 1. The molecule has 1 aromatic carbocycles. The van der Waals surface area contributed by atoms with Crippen LogP contribution < -0.4 is 5.32 Å². The number of piperazine rings is 1. The van der Waals surface area contributed by atoms with Crippen LogP contribution in [0.2, 0.25) is 5.02 Å². The molecule has 0 aromatic heterocycles. The van der Waals surface area contributed by atoms with Crippen LogP contribution in [-0.4, -0.2) is 79.4 Å². The smallest absolute Gasteiger partial charge is 0.243 e. The van der Waals surface area contributed by atoms with Gasteiger partial charge in [-0.2, -0.15) is 0 Å². The summed E-state index contributed by atoms with van der Waals surface area (Å²) in [6, 6.07) is 8.58. The van der Waals surface area contributed by atoms with Gasteiger partial charge in [0.25, 0.3) is 0 Å². The van der Waals surface area contributed by atoms with Crippen molar-refractivity contribution in [2.45, 2.75) is 25.4 Å². The quantitative estimate of drug-likeness (QED) is 0.379. The van der Waals surface area contributed by atoms with Crippen LogP contribution in [0.25, 0.3) is 0 Å². The molecule has 27 heavy (non-hydrogen) atoms. The highest BCUT2D eigenvalue weighted by Crippen LogP contribution is 2.19. The van der Waals surface area contributed by atoms with E-state index in [0.717, 1.165) is 43.7 Å². The Hall–Kier alpha value is -1.06. The SMILES string of the molecule is CN(C)C(=O)CN=C(NC1CC1)N1CCN(Cc2cccc(Cl)c2)CC1.I. The maximum atomic E-state index is 11.9. The largest absolute Gasteiger partial charge is 0.353 e. The summed E-state index contributed by atoms with van der Waals surface area (Å²) in [7, 11) is 3.53. The molecule has 0 spiro atoms. The predicted molar refractivity (Wildman–Crippen MR) is 121 cm³/mol. The Bertz CT molecular complexity index is 657. The lowest BCUT2D eigenvalue weighted by molar-refractivity contribution is -0.127. The number of aliphatic imine (C=N–C) groups is 1. The van der Waals surface area contributed by atoms with Crippen LogP contribution in [0.15, 0.2) is 29.3 Å². The highest BCUT2D eigenvalue weighted by Gasteiger charge is 2.27. The highest BCUT2D eigenvalue weighted by atomic mass is 127. The molecular weight excluding hydrogens is 477 g/mol. The van der Waals surface area contributed by atoms with Gasteiger partial charge in [0.05, 0.1) is 0 Å². The Kier molecular flexibility index (Phi) is 8.62. The highest BCUT2D eigenvalue weighted by molar-refractivity contribution is 14.0. The number of nitrogens with zero attached hydrogens (tertiary/aromatic N) is 4. The fourth-order valence-corrected chi connectivity index (χ4v) is 3.16. The third-order valence-corrected chi connectivity index (χ3v) is 4.98. The number of carbonyl (C=O) groups excluding carboxylic acids is 1. The average Bonchev–Trinajstić information content (AvgIpc) is 3.43. The predicted octanol–water partition coefficient (Wildman–Crippen LogP) is 2.27. The summed E-state index contributed by atoms with van der Waals surface area (Å²) >= 11 is 6.08. The number of nitrogens with one attached hydrogen (secondary N) is 1. The second kappa shape index (κ2) is 10.5. The van der Waals surface area contributed by atoms with E-state index >= 15 is 0 Å². The molecule has 3 rings (SSSR count). The van der Waals surface area contributed by atoms with E-state index in [1.165, 1.54) is 18.4 Å². The second-order valence-electron chi connectivity index (χ2n) is 7.24. The van der Waals surface area contributed by atoms with Gasteiger partial charge in [-0.1, -0.05) is 23.7 Å². The van der Waals surface area contributed by atoms with Crippen LogP contribution in [0.1, 0.15) is 18.4 Å². The number of rotatable bonds is 5. The molecule has 0 radical (unpaired) electrons. The summed E-state index contributed by atoms with van der Waals surface area (Å²) in [4.78, 5) is 22.7. The van der Waals surface area contributed by atoms with E-state index in [4.69, 9.17) is 11.6 Å². The summed E-state index contributed by atoms with van der Waals surface area (Å²) in [5.41, 5.74) is 1.24. The standard InChI is InChI=1S/C19H28ClN5O.HI/c1-23(2)18(26)13-21-19(22-17-6-7-17)25-10-8-24(9-11-25)14-15-4-3-5-16(20)12-15;/h3-5,12,17H,6-11,13-14H2,1-2H3,(H,21,22);1H. The Balaban J connectivity index is 0.00000261.